The topological polar surface area (TPSA) is 105 Å². The van der Waals surface area contributed by atoms with Crippen molar-refractivity contribution >= 4 is 40.0 Å². The van der Waals surface area contributed by atoms with Crippen molar-refractivity contribution in [2.45, 2.75) is 25.5 Å². The van der Waals surface area contributed by atoms with Gasteiger partial charge in [0.2, 0.25) is 5.91 Å². The molecule has 1 amide bonds. The van der Waals surface area contributed by atoms with E-state index < -0.39 is 5.97 Å². The monoisotopic (exact) mass is 552 g/mol. The highest BCUT2D eigenvalue weighted by atomic mass is 32.2. The van der Waals surface area contributed by atoms with Crippen LogP contribution in [0.25, 0.3) is 22.5 Å². The molecule has 0 bridgehead atoms. The van der Waals surface area contributed by atoms with Crippen LogP contribution in [0.5, 0.6) is 11.5 Å². The van der Waals surface area contributed by atoms with Crippen LogP contribution in [-0.4, -0.2) is 53.7 Å². The van der Waals surface area contributed by atoms with Gasteiger partial charge in [-0.1, -0.05) is 41.6 Å². The van der Waals surface area contributed by atoms with Gasteiger partial charge in [-0.2, -0.15) is 0 Å². The molecule has 0 aliphatic heterocycles. The molecular formula is C27H28N4O5S2. The zero-order chi connectivity index (χ0) is 27.2. The van der Waals surface area contributed by atoms with Crippen molar-refractivity contribution in [2.75, 3.05) is 32.4 Å². The lowest BCUT2D eigenvalue weighted by Crippen LogP contribution is -2.16. The van der Waals surface area contributed by atoms with Gasteiger partial charge < -0.3 is 24.1 Å². The Kier molecular flexibility index (Phi) is 8.70. The van der Waals surface area contributed by atoms with Crippen LogP contribution in [0.15, 0.2) is 53.0 Å². The van der Waals surface area contributed by atoms with Crippen molar-refractivity contribution in [3.63, 3.8) is 0 Å². The number of aryl methyl sites for hydroxylation is 1. The highest BCUT2D eigenvalue weighted by molar-refractivity contribution is 7.99. The first-order valence-electron chi connectivity index (χ1n) is 11.7. The second kappa shape index (κ2) is 12.1. The van der Waals surface area contributed by atoms with E-state index in [1.807, 2.05) is 66.3 Å². The molecule has 0 spiro atoms. The van der Waals surface area contributed by atoms with Crippen molar-refractivity contribution < 1.29 is 23.8 Å². The van der Waals surface area contributed by atoms with Crippen molar-refractivity contribution in [3.05, 3.63) is 59.0 Å². The Hall–Kier alpha value is -3.83. The number of esters is 1. The summed E-state index contributed by atoms with van der Waals surface area (Å²) in [5, 5.41) is 14.4. The number of nitrogens with one attached hydrogen (secondary N) is 1. The Morgan fingerprint density at radius 3 is 2.37 bits per heavy atom. The standard InChI is InChI=1S/C27H28N4O5S2/c1-6-31-24(18-11-12-20(34-3)21(13-18)35-4)29-30-27(31)38-15-22(32)28-25-23(26(33)36-5)19(14-37-25)17-9-7-16(2)8-10-17/h7-14H,6,15H2,1-5H3,(H,28,32). The van der Waals surface area contributed by atoms with E-state index in [4.69, 9.17) is 14.2 Å². The lowest BCUT2D eigenvalue weighted by Gasteiger charge is -2.11. The number of carbonyl (C=O) groups is 2. The number of carbonyl (C=O) groups excluding carboxylic acids is 2. The Labute approximate surface area is 229 Å². The second-order valence-corrected chi connectivity index (χ2v) is 9.99. The number of aromatic nitrogens is 3. The third-order valence-corrected chi connectivity index (χ3v) is 7.67. The summed E-state index contributed by atoms with van der Waals surface area (Å²) >= 11 is 2.55. The second-order valence-electron chi connectivity index (χ2n) is 8.17. The minimum atomic E-state index is -0.505. The molecule has 0 atom stereocenters. The molecule has 4 aromatic rings. The third kappa shape index (κ3) is 5.68. The van der Waals surface area contributed by atoms with Crippen LogP contribution in [0.4, 0.5) is 5.00 Å². The molecule has 0 unspecified atom stereocenters. The van der Waals surface area contributed by atoms with Gasteiger partial charge in [-0.05, 0) is 37.6 Å². The van der Waals surface area contributed by atoms with E-state index in [1.165, 1.54) is 30.2 Å². The lowest BCUT2D eigenvalue weighted by atomic mass is 10.0. The number of amides is 1. The maximum absolute atomic E-state index is 12.9. The van der Waals surface area contributed by atoms with Gasteiger partial charge in [0.25, 0.3) is 0 Å². The van der Waals surface area contributed by atoms with Crippen LogP contribution < -0.4 is 14.8 Å². The van der Waals surface area contributed by atoms with Crippen molar-refractivity contribution in [1.29, 1.82) is 0 Å². The van der Waals surface area contributed by atoms with E-state index in [1.54, 1.807) is 14.2 Å². The number of anilines is 1. The molecule has 11 heteroatoms. The summed E-state index contributed by atoms with van der Waals surface area (Å²) < 4.78 is 17.7. The summed E-state index contributed by atoms with van der Waals surface area (Å²) in [5.74, 6) is 1.18. The fourth-order valence-corrected chi connectivity index (χ4v) is 5.64. The Morgan fingerprint density at radius 2 is 1.71 bits per heavy atom. The van der Waals surface area contributed by atoms with Crippen LogP contribution in [0.2, 0.25) is 0 Å². The van der Waals surface area contributed by atoms with Gasteiger partial charge in [-0.25, -0.2) is 4.79 Å². The summed E-state index contributed by atoms with van der Waals surface area (Å²) in [6, 6.07) is 13.4. The van der Waals surface area contributed by atoms with Gasteiger partial charge in [-0.3, -0.25) is 4.79 Å². The molecule has 0 saturated carbocycles. The predicted octanol–water partition coefficient (Wildman–Crippen LogP) is 5.54. The number of hydrogen-bond acceptors (Lipinski definition) is 9. The normalized spacial score (nSPS) is 10.8. The molecule has 0 saturated heterocycles. The third-order valence-electron chi connectivity index (χ3n) is 5.80. The van der Waals surface area contributed by atoms with Crippen LogP contribution in [-0.2, 0) is 16.1 Å². The largest absolute Gasteiger partial charge is 0.493 e. The molecule has 2 heterocycles. The molecule has 2 aromatic heterocycles. The number of ether oxygens (including phenoxy) is 3. The van der Waals surface area contributed by atoms with Gasteiger partial charge in [-0.15, -0.1) is 21.5 Å². The Balaban J connectivity index is 1.51. The highest BCUT2D eigenvalue weighted by Crippen LogP contribution is 2.37. The number of thiophene rings is 1. The van der Waals surface area contributed by atoms with E-state index in [-0.39, 0.29) is 11.7 Å². The molecular weight excluding hydrogens is 524 g/mol. The number of hydrogen-bond donors (Lipinski definition) is 1. The van der Waals surface area contributed by atoms with Crippen LogP contribution in [0.1, 0.15) is 22.8 Å². The molecule has 2 aromatic carbocycles. The molecule has 4 rings (SSSR count). The molecule has 0 aliphatic carbocycles. The van der Waals surface area contributed by atoms with Crippen molar-refractivity contribution in [1.82, 2.24) is 14.8 Å². The van der Waals surface area contributed by atoms with Gasteiger partial charge in [0.1, 0.15) is 10.6 Å². The maximum atomic E-state index is 12.9. The minimum Gasteiger partial charge on any atom is -0.493 e. The number of benzene rings is 2. The minimum absolute atomic E-state index is 0.0858. The van der Waals surface area contributed by atoms with Gasteiger partial charge in [0.05, 0.1) is 27.1 Å². The average Bonchev–Trinajstić information content (AvgIpc) is 3.55. The number of rotatable bonds is 10. The van der Waals surface area contributed by atoms with E-state index in [0.717, 1.165) is 22.3 Å². The number of thioether (sulfide) groups is 1. The smallest absolute Gasteiger partial charge is 0.341 e. The fourth-order valence-electron chi connectivity index (χ4n) is 3.86. The fraction of sp³-hybridized carbons (Fsp3) is 0.259. The van der Waals surface area contributed by atoms with Gasteiger partial charge >= 0.3 is 5.97 Å². The summed E-state index contributed by atoms with van der Waals surface area (Å²) in [4.78, 5) is 25.5. The summed E-state index contributed by atoms with van der Waals surface area (Å²) in [6.07, 6.45) is 0. The summed E-state index contributed by atoms with van der Waals surface area (Å²) in [6.45, 7) is 4.59. The molecule has 0 fully saturated rings. The molecule has 0 radical (unpaired) electrons. The van der Waals surface area contributed by atoms with Crippen LogP contribution in [0, 0.1) is 6.92 Å². The van der Waals surface area contributed by atoms with E-state index in [9.17, 15) is 9.59 Å². The lowest BCUT2D eigenvalue weighted by molar-refractivity contribution is -0.113. The SMILES string of the molecule is CCn1c(SCC(=O)Nc2scc(-c3ccc(C)cc3)c2C(=O)OC)nnc1-c1ccc(OC)c(OC)c1. The molecule has 198 valence electrons. The molecule has 38 heavy (non-hydrogen) atoms. The van der Waals surface area contributed by atoms with E-state index in [2.05, 4.69) is 15.5 Å². The first-order valence-corrected chi connectivity index (χ1v) is 13.6. The summed E-state index contributed by atoms with van der Waals surface area (Å²) in [5.41, 5.74) is 3.87. The molecule has 0 aliphatic rings. The zero-order valence-corrected chi connectivity index (χ0v) is 23.4. The number of nitrogens with zero attached hydrogens (tertiary/aromatic N) is 3. The van der Waals surface area contributed by atoms with Crippen LogP contribution >= 0.6 is 23.1 Å². The first-order chi connectivity index (χ1) is 18.4. The van der Waals surface area contributed by atoms with E-state index >= 15 is 0 Å². The van der Waals surface area contributed by atoms with Crippen molar-refractivity contribution in [2.24, 2.45) is 0 Å². The maximum Gasteiger partial charge on any atom is 0.341 e. The number of methoxy groups -OCH3 is 3. The molecule has 9 nitrogen and oxygen atoms in total. The van der Waals surface area contributed by atoms with Gasteiger partial charge in [0, 0.05) is 23.1 Å². The first kappa shape index (κ1) is 27.2. The average molecular weight is 553 g/mol. The Morgan fingerprint density at radius 1 is 1.00 bits per heavy atom. The van der Waals surface area contributed by atoms with Gasteiger partial charge in [0.15, 0.2) is 22.5 Å². The predicted molar refractivity (Wildman–Crippen MR) is 149 cm³/mol. The Bertz CT molecular complexity index is 1450. The summed E-state index contributed by atoms with van der Waals surface area (Å²) in [7, 11) is 4.49. The zero-order valence-electron chi connectivity index (χ0n) is 21.7. The van der Waals surface area contributed by atoms with Crippen LogP contribution in [0.3, 0.4) is 0 Å². The quantitative estimate of drug-likeness (QED) is 0.202. The highest BCUT2D eigenvalue weighted by Gasteiger charge is 2.23. The molecule has 1 N–H and O–H groups in total. The van der Waals surface area contributed by atoms with E-state index in [0.29, 0.717) is 39.6 Å². The van der Waals surface area contributed by atoms with Crippen molar-refractivity contribution in [3.8, 4) is 34.0 Å².